The zero-order valence-corrected chi connectivity index (χ0v) is 10.0. The van der Waals surface area contributed by atoms with Crippen molar-refractivity contribution in [1.82, 2.24) is 4.90 Å². The van der Waals surface area contributed by atoms with Crippen LogP contribution in [-0.4, -0.2) is 17.7 Å². The van der Waals surface area contributed by atoms with Crippen LogP contribution in [0.2, 0.25) is 0 Å². The highest BCUT2D eigenvalue weighted by Gasteiger charge is 2.05. The standard InChI is InChI=1S/C15H17NO/c1-16-11-9-14(10-12-16)4-2-3-13-5-7-15(17)8-6-13/h4-13H,2-3H2,1H3. The van der Waals surface area contributed by atoms with Crippen LogP contribution in [0.25, 0.3) is 0 Å². The largest absolute Gasteiger partial charge is 0.357 e. The van der Waals surface area contributed by atoms with Gasteiger partial charge in [0, 0.05) is 19.4 Å². The van der Waals surface area contributed by atoms with Crippen LogP contribution in [0.4, 0.5) is 0 Å². The summed E-state index contributed by atoms with van der Waals surface area (Å²) < 4.78 is 0. The highest BCUT2D eigenvalue weighted by Crippen LogP contribution is 2.16. The van der Waals surface area contributed by atoms with Crippen LogP contribution in [0.3, 0.4) is 0 Å². The summed E-state index contributed by atoms with van der Waals surface area (Å²) in [4.78, 5) is 13.0. The van der Waals surface area contributed by atoms with Gasteiger partial charge < -0.3 is 4.90 Å². The fourth-order valence-corrected chi connectivity index (χ4v) is 1.84. The maximum atomic E-state index is 11.0. The third kappa shape index (κ3) is 3.59. The Balaban J connectivity index is 1.80. The van der Waals surface area contributed by atoms with Gasteiger partial charge in [0.1, 0.15) is 0 Å². The van der Waals surface area contributed by atoms with Crippen LogP contribution in [-0.2, 0) is 4.79 Å². The maximum Gasteiger partial charge on any atom is 0.178 e. The molecule has 1 heterocycles. The summed E-state index contributed by atoms with van der Waals surface area (Å²) >= 11 is 0. The van der Waals surface area contributed by atoms with Crippen molar-refractivity contribution in [3.63, 3.8) is 0 Å². The third-order valence-electron chi connectivity index (χ3n) is 2.90. The van der Waals surface area contributed by atoms with E-state index in [4.69, 9.17) is 0 Å². The second-order valence-corrected chi connectivity index (χ2v) is 4.36. The van der Waals surface area contributed by atoms with Gasteiger partial charge in [-0.3, -0.25) is 4.79 Å². The average Bonchev–Trinajstić information content (AvgIpc) is 2.34. The molecule has 0 amide bonds. The fourth-order valence-electron chi connectivity index (χ4n) is 1.84. The van der Waals surface area contributed by atoms with Crippen molar-refractivity contribution in [3.05, 3.63) is 60.5 Å². The highest BCUT2D eigenvalue weighted by molar-refractivity contribution is 6.00. The van der Waals surface area contributed by atoms with E-state index in [1.165, 1.54) is 5.57 Å². The van der Waals surface area contributed by atoms with E-state index < -0.39 is 0 Å². The Morgan fingerprint density at radius 2 is 1.82 bits per heavy atom. The number of carbonyl (C=O) groups is 1. The first-order valence-corrected chi connectivity index (χ1v) is 5.93. The summed E-state index contributed by atoms with van der Waals surface area (Å²) in [6, 6.07) is 0. The smallest absolute Gasteiger partial charge is 0.178 e. The molecular weight excluding hydrogens is 210 g/mol. The van der Waals surface area contributed by atoms with Gasteiger partial charge in [0.2, 0.25) is 0 Å². The lowest BCUT2D eigenvalue weighted by Crippen LogP contribution is -2.03. The molecule has 2 heteroatoms. The predicted molar refractivity (Wildman–Crippen MR) is 70.1 cm³/mol. The molecule has 0 atom stereocenters. The number of carbonyl (C=O) groups excluding carboxylic acids is 1. The average molecular weight is 227 g/mol. The van der Waals surface area contributed by atoms with Crippen LogP contribution < -0.4 is 0 Å². The summed E-state index contributed by atoms with van der Waals surface area (Å²) in [5, 5.41) is 0. The van der Waals surface area contributed by atoms with Gasteiger partial charge in [-0.1, -0.05) is 18.2 Å². The Kier molecular flexibility index (Phi) is 3.76. The summed E-state index contributed by atoms with van der Waals surface area (Å²) in [5.74, 6) is 0.504. The maximum absolute atomic E-state index is 11.0. The molecule has 2 rings (SSSR count). The Morgan fingerprint density at radius 1 is 1.18 bits per heavy atom. The molecule has 0 radical (unpaired) electrons. The van der Waals surface area contributed by atoms with Crippen molar-refractivity contribution < 1.29 is 4.79 Å². The molecule has 0 fully saturated rings. The molecular formula is C15H17NO. The van der Waals surface area contributed by atoms with Crippen LogP contribution in [0.5, 0.6) is 0 Å². The molecule has 0 bridgehead atoms. The van der Waals surface area contributed by atoms with Crippen molar-refractivity contribution in [2.24, 2.45) is 5.92 Å². The number of rotatable bonds is 3. The molecule has 2 aliphatic rings. The zero-order chi connectivity index (χ0) is 12.1. The number of hydrogen-bond acceptors (Lipinski definition) is 2. The molecule has 88 valence electrons. The molecule has 1 aliphatic heterocycles. The summed E-state index contributed by atoms with van der Waals surface area (Å²) in [7, 11) is 2.01. The first-order chi connectivity index (χ1) is 8.24. The summed E-state index contributed by atoms with van der Waals surface area (Å²) in [5.41, 5.74) is 1.25. The van der Waals surface area contributed by atoms with E-state index in [2.05, 4.69) is 18.2 Å². The molecule has 0 aromatic carbocycles. The van der Waals surface area contributed by atoms with Crippen LogP contribution >= 0.6 is 0 Å². The van der Waals surface area contributed by atoms with E-state index >= 15 is 0 Å². The zero-order valence-electron chi connectivity index (χ0n) is 10.0. The summed E-state index contributed by atoms with van der Waals surface area (Å²) in [6.45, 7) is 0. The van der Waals surface area contributed by atoms with Crippen molar-refractivity contribution in [2.75, 3.05) is 7.05 Å². The van der Waals surface area contributed by atoms with Gasteiger partial charge in [0.15, 0.2) is 5.78 Å². The highest BCUT2D eigenvalue weighted by atomic mass is 16.1. The Morgan fingerprint density at radius 3 is 2.47 bits per heavy atom. The Hall–Kier alpha value is -1.83. The van der Waals surface area contributed by atoms with Gasteiger partial charge in [0.25, 0.3) is 0 Å². The molecule has 0 aromatic rings. The number of nitrogens with zero attached hydrogens (tertiary/aromatic N) is 1. The van der Waals surface area contributed by atoms with E-state index in [1.807, 2.05) is 36.5 Å². The minimum atomic E-state index is 0.0980. The second kappa shape index (κ2) is 5.48. The quantitative estimate of drug-likeness (QED) is 0.738. The topological polar surface area (TPSA) is 20.3 Å². The van der Waals surface area contributed by atoms with Gasteiger partial charge in [-0.2, -0.15) is 0 Å². The van der Waals surface area contributed by atoms with Gasteiger partial charge >= 0.3 is 0 Å². The normalized spacial score (nSPS) is 19.2. The molecule has 0 saturated carbocycles. The number of ketones is 1. The van der Waals surface area contributed by atoms with E-state index in [0.29, 0.717) is 5.92 Å². The Bertz CT molecular complexity index is 406. The van der Waals surface area contributed by atoms with Crippen LogP contribution in [0, 0.1) is 5.92 Å². The van der Waals surface area contributed by atoms with E-state index in [1.54, 1.807) is 12.2 Å². The summed E-state index contributed by atoms with van der Waals surface area (Å²) in [6.07, 6.45) is 19.9. The van der Waals surface area contributed by atoms with Crippen LogP contribution in [0.1, 0.15) is 12.8 Å². The molecule has 2 nitrogen and oxygen atoms in total. The lowest BCUT2D eigenvalue weighted by atomic mass is 9.97. The van der Waals surface area contributed by atoms with Crippen molar-refractivity contribution >= 4 is 5.78 Å². The molecule has 0 aromatic heterocycles. The van der Waals surface area contributed by atoms with Gasteiger partial charge in [-0.15, -0.1) is 0 Å². The molecule has 0 N–H and O–H groups in total. The fraction of sp³-hybridized carbons (Fsp3) is 0.267. The minimum absolute atomic E-state index is 0.0980. The molecule has 0 unspecified atom stereocenters. The Labute approximate surface area is 102 Å². The van der Waals surface area contributed by atoms with Gasteiger partial charge in [-0.05, 0) is 48.6 Å². The van der Waals surface area contributed by atoms with Gasteiger partial charge in [-0.25, -0.2) is 0 Å². The SMILES string of the molecule is CN1C=CC(=CCCC2C=CC(=O)C=C2)C=C1. The van der Waals surface area contributed by atoms with Crippen molar-refractivity contribution in [3.8, 4) is 0 Å². The monoisotopic (exact) mass is 227 g/mol. The van der Waals surface area contributed by atoms with Crippen LogP contribution in [0.15, 0.2) is 60.5 Å². The van der Waals surface area contributed by atoms with E-state index in [9.17, 15) is 4.79 Å². The lowest BCUT2D eigenvalue weighted by Gasteiger charge is -2.12. The minimum Gasteiger partial charge on any atom is -0.357 e. The van der Waals surface area contributed by atoms with Crippen molar-refractivity contribution in [1.29, 1.82) is 0 Å². The number of hydrogen-bond donors (Lipinski definition) is 0. The van der Waals surface area contributed by atoms with E-state index in [0.717, 1.165) is 12.8 Å². The predicted octanol–water partition coefficient (Wildman–Crippen LogP) is 2.98. The number of allylic oxidation sites excluding steroid dienone is 8. The first kappa shape index (κ1) is 11.6. The molecule has 0 saturated heterocycles. The van der Waals surface area contributed by atoms with Gasteiger partial charge in [0.05, 0.1) is 0 Å². The second-order valence-electron chi connectivity index (χ2n) is 4.36. The third-order valence-corrected chi connectivity index (χ3v) is 2.90. The lowest BCUT2D eigenvalue weighted by molar-refractivity contribution is -0.110. The molecule has 17 heavy (non-hydrogen) atoms. The molecule has 0 spiro atoms. The first-order valence-electron chi connectivity index (χ1n) is 5.93. The van der Waals surface area contributed by atoms with E-state index in [-0.39, 0.29) is 5.78 Å². The van der Waals surface area contributed by atoms with Crippen molar-refractivity contribution in [2.45, 2.75) is 12.8 Å². The molecule has 1 aliphatic carbocycles.